The van der Waals surface area contributed by atoms with Gasteiger partial charge in [0.25, 0.3) is 0 Å². The van der Waals surface area contributed by atoms with Crippen LogP contribution in [0.5, 0.6) is 0 Å². The number of alkyl halides is 1. The van der Waals surface area contributed by atoms with Crippen molar-refractivity contribution < 1.29 is 18.7 Å². The molecule has 1 amide bonds. The summed E-state index contributed by atoms with van der Waals surface area (Å²) in [4.78, 5) is 16.2. The van der Waals surface area contributed by atoms with Crippen LogP contribution in [0.1, 0.15) is 56.5 Å². The van der Waals surface area contributed by atoms with Gasteiger partial charge in [0.05, 0.1) is 18.0 Å². The van der Waals surface area contributed by atoms with Gasteiger partial charge in [0.2, 0.25) is 0 Å². The number of hydrogen-bond donors (Lipinski definition) is 3. The van der Waals surface area contributed by atoms with Gasteiger partial charge in [-0.25, -0.2) is 18.7 Å². The number of ether oxygens (including phenoxy) is 2. The summed E-state index contributed by atoms with van der Waals surface area (Å²) < 4.78 is 27.4. The maximum atomic E-state index is 14.9. The summed E-state index contributed by atoms with van der Waals surface area (Å²) in [6.45, 7) is 3.57. The van der Waals surface area contributed by atoms with Crippen molar-refractivity contribution >= 4 is 23.2 Å². The number of amides is 1. The average Bonchev–Trinajstić information content (AvgIpc) is 3.40. The largest absolute Gasteiger partial charge is 0.441 e. The van der Waals surface area contributed by atoms with Gasteiger partial charge in [-0.1, -0.05) is 6.42 Å². The summed E-state index contributed by atoms with van der Waals surface area (Å²) in [7, 11) is 0. The van der Waals surface area contributed by atoms with Crippen molar-refractivity contribution in [3.05, 3.63) is 35.9 Å². The lowest BCUT2D eigenvalue weighted by Gasteiger charge is -2.22. The van der Waals surface area contributed by atoms with Gasteiger partial charge in [0.15, 0.2) is 23.9 Å². The second-order valence-electron chi connectivity index (χ2n) is 8.58. The number of carbonyl (C=O) groups excluding carboxylic acids is 1. The van der Waals surface area contributed by atoms with Gasteiger partial charge in [-0.15, -0.1) is 0 Å². The number of halogens is 1. The second kappa shape index (κ2) is 8.38. The molecule has 32 heavy (non-hydrogen) atoms. The third-order valence-corrected chi connectivity index (χ3v) is 5.83. The number of carbonyl (C=O) groups is 1. The van der Waals surface area contributed by atoms with Crippen LogP contribution in [0, 0.1) is 0 Å². The predicted octanol–water partition coefficient (Wildman–Crippen LogP) is 3.38. The van der Waals surface area contributed by atoms with Crippen molar-refractivity contribution in [1.29, 1.82) is 0 Å². The zero-order valence-electron chi connectivity index (χ0n) is 17.9. The lowest BCUT2D eigenvalue weighted by molar-refractivity contribution is 0.0615. The summed E-state index contributed by atoms with van der Waals surface area (Å²) in [6.07, 6.45) is 3.00. The topological polar surface area (TPSA) is 118 Å². The zero-order chi connectivity index (χ0) is 22.2. The highest BCUT2D eigenvalue weighted by Gasteiger charge is 2.42. The van der Waals surface area contributed by atoms with Gasteiger partial charge in [-0.2, -0.15) is 10.2 Å². The molecule has 5 rings (SSSR count). The van der Waals surface area contributed by atoms with Gasteiger partial charge in [0.1, 0.15) is 11.6 Å². The summed E-state index contributed by atoms with van der Waals surface area (Å²) in [5, 5.41) is 17.4. The molecule has 0 bridgehead atoms. The van der Waals surface area contributed by atoms with Crippen molar-refractivity contribution in [1.82, 2.24) is 30.1 Å². The molecule has 2 fully saturated rings. The van der Waals surface area contributed by atoms with E-state index in [4.69, 9.17) is 9.47 Å². The van der Waals surface area contributed by atoms with E-state index >= 15 is 0 Å². The number of nitrogens with one attached hydrogen (secondary N) is 3. The smallest absolute Gasteiger partial charge is 0.407 e. The lowest BCUT2D eigenvalue weighted by Crippen LogP contribution is -2.36. The van der Waals surface area contributed by atoms with Crippen molar-refractivity contribution in [2.24, 2.45) is 0 Å². The molecule has 1 aliphatic carbocycles. The Morgan fingerprint density at radius 3 is 2.97 bits per heavy atom. The first-order valence-electron chi connectivity index (χ1n) is 10.9. The van der Waals surface area contributed by atoms with Gasteiger partial charge < -0.3 is 20.1 Å². The number of nitrogens with zero attached hydrogens (tertiary/aromatic N) is 4. The molecule has 0 radical (unpaired) electrons. The van der Waals surface area contributed by atoms with E-state index in [9.17, 15) is 9.18 Å². The van der Waals surface area contributed by atoms with Crippen LogP contribution in [0.25, 0.3) is 5.52 Å². The van der Waals surface area contributed by atoms with Crippen LogP contribution in [0.4, 0.5) is 20.8 Å². The number of aromatic nitrogens is 5. The van der Waals surface area contributed by atoms with E-state index in [2.05, 4.69) is 37.0 Å². The Labute approximate surface area is 183 Å². The maximum Gasteiger partial charge on any atom is 0.407 e. The fourth-order valence-corrected chi connectivity index (χ4v) is 3.95. The first kappa shape index (κ1) is 20.7. The Kier molecular flexibility index (Phi) is 5.41. The number of H-pyrrole nitrogens is 1. The molecule has 11 heteroatoms. The minimum atomic E-state index is -1.51. The van der Waals surface area contributed by atoms with Crippen molar-refractivity contribution in [2.75, 3.05) is 11.9 Å². The molecule has 3 atom stereocenters. The fourth-order valence-electron chi connectivity index (χ4n) is 3.95. The van der Waals surface area contributed by atoms with Crippen LogP contribution in [0.2, 0.25) is 0 Å². The van der Waals surface area contributed by atoms with Crippen LogP contribution >= 0.6 is 0 Å². The standard InChI is InChI=1S/C21H26FN7O3/c1-11(2)24-21(30)32-16-10-31-19(18(16)22)14-9-17(27-26-14)25-20-15-8-13(12-4-3-5-12)28-29(15)7-6-23-20/h6-9,11-12,16,18-19H,3-5,10H2,1-2H3,(H,24,30)(H2,23,25,26,27)/t16-,18-,19-/m0/s1. The number of rotatable bonds is 6. The van der Waals surface area contributed by atoms with Crippen LogP contribution in [-0.2, 0) is 9.47 Å². The van der Waals surface area contributed by atoms with E-state index in [0.29, 0.717) is 23.2 Å². The summed E-state index contributed by atoms with van der Waals surface area (Å²) in [5.74, 6) is 1.60. The number of aromatic amines is 1. The van der Waals surface area contributed by atoms with E-state index in [1.54, 1.807) is 30.6 Å². The highest BCUT2D eigenvalue weighted by atomic mass is 19.1. The molecule has 3 aromatic heterocycles. The van der Waals surface area contributed by atoms with E-state index in [0.717, 1.165) is 11.2 Å². The predicted molar refractivity (Wildman–Crippen MR) is 114 cm³/mol. The molecule has 0 spiro atoms. The summed E-state index contributed by atoms with van der Waals surface area (Å²) in [6, 6.07) is 3.62. The fraction of sp³-hybridized carbons (Fsp3) is 0.524. The molecule has 0 unspecified atom stereocenters. The van der Waals surface area contributed by atoms with Crippen LogP contribution in [0.15, 0.2) is 24.5 Å². The first-order chi connectivity index (χ1) is 15.5. The Balaban J connectivity index is 1.27. The Morgan fingerprint density at radius 2 is 2.22 bits per heavy atom. The number of alkyl carbamates (subject to hydrolysis) is 1. The van der Waals surface area contributed by atoms with E-state index < -0.39 is 24.5 Å². The third kappa shape index (κ3) is 3.99. The number of fused-ring (bicyclic) bond motifs is 1. The average molecular weight is 443 g/mol. The minimum Gasteiger partial charge on any atom is -0.441 e. The van der Waals surface area contributed by atoms with E-state index in [-0.39, 0.29) is 12.6 Å². The van der Waals surface area contributed by atoms with Gasteiger partial charge in [-0.3, -0.25) is 5.10 Å². The number of hydrogen-bond acceptors (Lipinski definition) is 7. The SMILES string of the molecule is CC(C)NC(=O)O[C@H]1CO[C@@H](c2cc(Nc3nccn4nc(C5CCC5)cc34)n[nH]2)[C@H]1F. The van der Waals surface area contributed by atoms with Crippen LogP contribution in [-0.4, -0.2) is 55.8 Å². The van der Waals surface area contributed by atoms with Crippen molar-refractivity contribution in [2.45, 2.75) is 63.4 Å². The number of anilines is 2. The molecule has 10 nitrogen and oxygen atoms in total. The van der Waals surface area contributed by atoms with Crippen molar-refractivity contribution in [3.8, 4) is 0 Å². The molecular formula is C21H26FN7O3. The summed E-state index contributed by atoms with van der Waals surface area (Å²) >= 11 is 0. The zero-order valence-corrected chi connectivity index (χ0v) is 17.9. The van der Waals surface area contributed by atoms with E-state index in [1.807, 2.05) is 6.20 Å². The maximum absolute atomic E-state index is 14.9. The Bertz CT molecular complexity index is 1110. The molecular weight excluding hydrogens is 417 g/mol. The molecule has 1 saturated carbocycles. The lowest BCUT2D eigenvalue weighted by atomic mass is 9.83. The third-order valence-electron chi connectivity index (χ3n) is 5.83. The molecule has 4 heterocycles. The van der Waals surface area contributed by atoms with Gasteiger partial charge >= 0.3 is 6.09 Å². The van der Waals surface area contributed by atoms with Crippen molar-refractivity contribution in [3.63, 3.8) is 0 Å². The molecule has 3 N–H and O–H groups in total. The normalized spacial score (nSPS) is 23.4. The highest BCUT2D eigenvalue weighted by Crippen LogP contribution is 2.37. The van der Waals surface area contributed by atoms with Crippen LogP contribution < -0.4 is 10.6 Å². The molecule has 0 aromatic carbocycles. The Hall–Kier alpha value is -3.21. The monoisotopic (exact) mass is 443 g/mol. The highest BCUT2D eigenvalue weighted by molar-refractivity contribution is 5.72. The van der Waals surface area contributed by atoms with E-state index in [1.165, 1.54) is 19.3 Å². The quantitative estimate of drug-likeness (QED) is 0.534. The Morgan fingerprint density at radius 1 is 1.38 bits per heavy atom. The molecule has 1 saturated heterocycles. The van der Waals surface area contributed by atoms with Gasteiger partial charge in [0, 0.05) is 30.4 Å². The molecule has 3 aromatic rings. The molecule has 2 aliphatic rings. The molecule has 1 aliphatic heterocycles. The minimum absolute atomic E-state index is 0.0280. The van der Waals surface area contributed by atoms with Crippen LogP contribution in [0.3, 0.4) is 0 Å². The molecule has 170 valence electrons. The summed E-state index contributed by atoms with van der Waals surface area (Å²) in [5.41, 5.74) is 2.37. The first-order valence-corrected chi connectivity index (χ1v) is 10.9. The second-order valence-corrected chi connectivity index (χ2v) is 8.58. The van der Waals surface area contributed by atoms with Gasteiger partial charge in [-0.05, 0) is 32.8 Å².